The second-order valence-electron chi connectivity index (χ2n) is 6.14. The van der Waals surface area contributed by atoms with Crippen LogP contribution in [0.2, 0.25) is 0 Å². The summed E-state index contributed by atoms with van der Waals surface area (Å²) >= 11 is 0. The van der Waals surface area contributed by atoms with E-state index in [1.165, 1.54) is 11.1 Å². The molecule has 0 amide bonds. The minimum Gasteiger partial charge on any atom is -0.371 e. The minimum atomic E-state index is 0.0113. The molecule has 1 aliphatic rings. The predicted molar refractivity (Wildman–Crippen MR) is 89.9 cm³/mol. The van der Waals surface area contributed by atoms with Gasteiger partial charge >= 0.3 is 0 Å². The summed E-state index contributed by atoms with van der Waals surface area (Å²) in [6.45, 7) is 4.16. The number of nitrogens with zero attached hydrogens (tertiary/aromatic N) is 2. The van der Waals surface area contributed by atoms with Gasteiger partial charge in [-0.25, -0.2) is 0 Å². The fraction of sp³-hybridized carbons (Fsp3) is 0.263. The fourth-order valence-electron chi connectivity index (χ4n) is 3.29. The van der Waals surface area contributed by atoms with E-state index >= 15 is 0 Å². The number of hydrogen-bond acceptors (Lipinski definition) is 3. The van der Waals surface area contributed by atoms with Gasteiger partial charge in [0.1, 0.15) is 11.4 Å². The highest BCUT2D eigenvalue weighted by atomic mass is 16.5. The molecule has 1 atom stereocenters. The predicted octanol–water partition coefficient (Wildman–Crippen LogP) is 4.16. The van der Waals surface area contributed by atoms with Crippen molar-refractivity contribution in [3.05, 3.63) is 59.7 Å². The van der Waals surface area contributed by atoms with Crippen LogP contribution in [0.5, 0.6) is 0 Å². The molecule has 23 heavy (non-hydrogen) atoms. The second-order valence-corrected chi connectivity index (χ2v) is 6.14. The molecule has 0 radical (unpaired) electrons. The summed E-state index contributed by atoms with van der Waals surface area (Å²) in [6, 6.07) is 16.7. The lowest BCUT2D eigenvalue weighted by molar-refractivity contribution is 0.00717. The molecule has 0 saturated carbocycles. The van der Waals surface area contributed by atoms with Crippen LogP contribution in [-0.2, 0) is 11.2 Å². The van der Waals surface area contributed by atoms with Gasteiger partial charge in [-0.15, -0.1) is 0 Å². The summed E-state index contributed by atoms with van der Waals surface area (Å²) in [6.07, 6.45) is 1.01. The standard InChI is InChI=1S/C19H19N3O/c1-12(2)23-17-11-13-7-3-4-8-14(13)18-19(21-22-20-18)16-10-6-5-9-15(16)17/h3-10,12,17H,11H2,1-2H3,(H,20,21,22). The Morgan fingerprint density at radius 1 is 0.957 bits per heavy atom. The first-order chi connectivity index (χ1) is 11.2. The molecule has 2 aromatic carbocycles. The maximum absolute atomic E-state index is 6.24. The van der Waals surface area contributed by atoms with Crippen molar-refractivity contribution in [1.29, 1.82) is 0 Å². The maximum atomic E-state index is 6.24. The van der Waals surface area contributed by atoms with Crippen LogP contribution in [-0.4, -0.2) is 21.5 Å². The normalized spacial score (nSPS) is 16.2. The van der Waals surface area contributed by atoms with Gasteiger partial charge in [-0.1, -0.05) is 48.5 Å². The summed E-state index contributed by atoms with van der Waals surface area (Å²) in [4.78, 5) is 0. The Morgan fingerprint density at radius 2 is 1.61 bits per heavy atom. The van der Waals surface area contributed by atoms with Crippen molar-refractivity contribution in [2.24, 2.45) is 0 Å². The molecule has 1 heterocycles. The van der Waals surface area contributed by atoms with Gasteiger partial charge in [0, 0.05) is 17.5 Å². The second kappa shape index (κ2) is 5.63. The molecular weight excluding hydrogens is 286 g/mol. The van der Waals surface area contributed by atoms with Gasteiger partial charge in [-0.2, -0.15) is 15.4 Å². The van der Waals surface area contributed by atoms with Crippen molar-refractivity contribution in [3.63, 3.8) is 0 Å². The number of aromatic amines is 1. The third-order valence-corrected chi connectivity index (χ3v) is 4.22. The molecule has 1 aliphatic carbocycles. The summed E-state index contributed by atoms with van der Waals surface area (Å²) in [5.74, 6) is 0. The lowest BCUT2D eigenvalue weighted by atomic mass is 9.87. The lowest BCUT2D eigenvalue weighted by Crippen LogP contribution is -2.16. The van der Waals surface area contributed by atoms with Gasteiger partial charge < -0.3 is 4.74 Å². The quantitative estimate of drug-likeness (QED) is 0.773. The first-order valence-electron chi connectivity index (χ1n) is 7.98. The molecule has 4 nitrogen and oxygen atoms in total. The molecule has 0 bridgehead atoms. The van der Waals surface area contributed by atoms with E-state index in [2.05, 4.69) is 65.7 Å². The number of hydrogen-bond donors (Lipinski definition) is 1. The molecule has 0 aliphatic heterocycles. The molecule has 1 unspecified atom stereocenters. The number of ether oxygens (including phenoxy) is 1. The number of nitrogens with one attached hydrogen (secondary N) is 1. The molecular formula is C19H19N3O. The largest absolute Gasteiger partial charge is 0.371 e. The van der Waals surface area contributed by atoms with Gasteiger partial charge in [-0.05, 0) is 25.0 Å². The van der Waals surface area contributed by atoms with E-state index in [-0.39, 0.29) is 12.2 Å². The molecule has 0 spiro atoms. The number of fused-ring (bicyclic) bond motifs is 5. The summed E-state index contributed by atoms with van der Waals surface area (Å²) < 4.78 is 6.24. The van der Waals surface area contributed by atoms with Crippen LogP contribution in [0.15, 0.2) is 48.5 Å². The maximum Gasteiger partial charge on any atom is 0.121 e. The van der Waals surface area contributed by atoms with Crippen molar-refractivity contribution < 1.29 is 4.74 Å². The molecule has 1 N–H and O–H groups in total. The van der Waals surface area contributed by atoms with Gasteiger partial charge in [0.15, 0.2) is 0 Å². The first-order valence-corrected chi connectivity index (χ1v) is 7.98. The van der Waals surface area contributed by atoms with E-state index in [1.807, 2.05) is 12.1 Å². The minimum absolute atomic E-state index is 0.0113. The van der Waals surface area contributed by atoms with Crippen molar-refractivity contribution >= 4 is 0 Å². The smallest absolute Gasteiger partial charge is 0.121 e. The Morgan fingerprint density at radius 3 is 2.39 bits per heavy atom. The Kier molecular flexibility index (Phi) is 3.46. The summed E-state index contributed by atoms with van der Waals surface area (Å²) in [7, 11) is 0. The van der Waals surface area contributed by atoms with Crippen LogP contribution in [0.1, 0.15) is 31.1 Å². The van der Waals surface area contributed by atoms with Crippen molar-refractivity contribution in [2.45, 2.75) is 32.5 Å². The Hall–Kier alpha value is -2.46. The first kappa shape index (κ1) is 14.2. The Balaban J connectivity index is 1.98. The van der Waals surface area contributed by atoms with Gasteiger partial charge in [0.25, 0.3) is 0 Å². The molecule has 0 fully saturated rings. The number of aromatic nitrogens is 3. The SMILES string of the molecule is CC(C)OC1Cc2ccccc2-c2n[nH]nc2-c2ccccc21. The van der Waals surface area contributed by atoms with E-state index in [1.54, 1.807) is 0 Å². The molecule has 4 rings (SSSR count). The average Bonchev–Trinajstić information content (AvgIpc) is 3.02. The van der Waals surface area contributed by atoms with Crippen molar-refractivity contribution in [1.82, 2.24) is 15.4 Å². The van der Waals surface area contributed by atoms with Crippen LogP contribution in [0.3, 0.4) is 0 Å². The van der Waals surface area contributed by atoms with Crippen LogP contribution >= 0.6 is 0 Å². The van der Waals surface area contributed by atoms with E-state index in [9.17, 15) is 0 Å². The van der Waals surface area contributed by atoms with E-state index in [0.29, 0.717) is 0 Å². The molecule has 0 saturated heterocycles. The average molecular weight is 305 g/mol. The third-order valence-electron chi connectivity index (χ3n) is 4.22. The van der Waals surface area contributed by atoms with Gasteiger partial charge in [0.2, 0.25) is 0 Å². The van der Waals surface area contributed by atoms with Gasteiger partial charge in [-0.3, -0.25) is 0 Å². The van der Waals surface area contributed by atoms with E-state index in [4.69, 9.17) is 4.74 Å². The van der Waals surface area contributed by atoms with Crippen LogP contribution < -0.4 is 0 Å². The number of rotatable bonds is 2. The van der Waals surface area contributed by atoms with E-state index < -0.39 is 0 Å². The highest BCUT2D eigenvalue weighted by Gasteiger charge is 2.27. The molecule has 4 heteroatoms. The van der Waals surface area contributed by atoms with E-state index in [0.717, 1.165) is 28.9 Å². The van der Waals surface area contributed by atoms with Gasteiger partial charge in [0.05, 0.1) is 12.2 Å². The monoisotopic (exact) mass is 305 g/mol. The summed E-state index contributed by atoms with van der Waals surface area (Å²) in [5, 5.41) is 11.6. The van der Waals surface area contributed by atoms with Crippen LogP contribution in [0.4, 0.5) is 0 Å². The van der Waals surface area contributed by atoms with Crippen LogP contribution in [0.25, 0.3) is 22.5 Å². The fourth-order valence-corrected chi connectivity index (χ4v) is 3.29. The third kappa shape index (κ3) is 2.45. The number of benzene rings is 2. The highest BCUT2D eigenvalue weighted by molar-refractivity contribution is 5.81. The molecule has 116 valence electrons. The van der Waals surface area contributed by atoms with Crippen molar-refractivity contribution in [3.8, 4) is 22.5 Å². The zero-order valence-corrected chi connectivity index (χ0v) is 13.3. The summed E-state index contributed by atoms with van der Waals surface area (Å²) in [5.41, 5.74) is 6.44. The topological polar surface area (TPSA) is 50.8 Å². The zero-order valence-electron chi connectivity index (χ0n) is 13.3. The lowest BCUT2D eigenvalue weighted by Gasteiger charge is -2.26. The highest BCUT2D eigenvalue weighted by Crippen LogP contribution is 2.40. The van der Waals surface area contributed by atoms with Crippen LogP contribution in [0, 0.1) is 0 Å². The number of H-pyrrole nitrogens is 1. The zero-order chi connectivity index (χ0) is 15.8. The Labute approximate surface area is 135 Å². The Bertz CT molecular complexity index is 838. The van der Waals surface area contributed by atoms with Crippen molar-refractivity contribution in [2.75, 3.05) is 0 Å². The molecule has 3 aromatic rings. The molecule has 1 aromatic heterocycles.